The highest BCUT2D eigenvalue weighted by molar-refractivity contribution is 9.10. The number of likely N-dealkylation sites (tertiary alicyclic amines) is 1. The second-order valence-corrected chi connectivity index (χ2v) is 11.5. The summed E-state index contributed by atoms with van der Waals surface area (Å²) in [6, 6.07) is 22.8. The maximum Gasteiger partial charge on any atom is 0.247 e. The zero-order valence-corrected chi connectivity index (χ0v) is 22.1. The Kier molecular flexibility index (Phi) is 6.00. The zero-order valence-electron chi connectivity index (χ0n) is 19.7. The number of rotatable bonds is 6. The molecule has 2 bridgehead atoms. The fourth-order valence-corrected chi connectivity index (χ4v) is 7.10. The summed E-state index contributed by atoms with van der Waals surface area (Å²) in [5.41, 5.74) is 5.15. The summed E-state index contributed by atoms with van der Waals surface area (Å²) in [6.07, 6.45) is 2.38. The molecule has 0 saturated carbocycles. The molecule has 0 unspecified atom stereocenters. The molecule has 1 aliphatic heterocycles. The van der Waals surface area contributed by atoms with Gasteiger partial charge in [0.15, 0.2) is 0 Å². The first-order valence-corrected chi connectivity index (χ1v) is 14.3. The lowest BCUT2D eigenvalue weighted by Gasteiger charge is -2.45. The normalized spacial score (nSPS) is 24.2. The molecule has 1 N–H and O–H groups in total. The molecule has 7 rings (SSSR count). The Morgan fingerprint density at radius 2 is 1.33 bits per heavy atom. The van der Waals surface area contributed by atoms with E-state index in [4.69, 9.17) is 0 Å². The van der Waals surface area contributed by atoms with Gasteiger partial charge in [0.2, 0.25) is 17.7 Å². The van der Waals surface area contributed by atoms with Gasteiger partial charge in [-0.25, -0.2) is 0 Å². The summed E-state index contributed by atoms with van der Waals surface area (Å²) in [4.78, 5) is 43.0. The predicted octanol–water partition coefficient (Wildman–Crippen LogP) is 5.40. The number of amides is 3. The van der Waals surface area contributed by atoms with Crippen LogP contribution in [0.1, 0.15) is 40.5 Å². The van der Waals surface area contributed by atoms with Gasteiger partial charge in [-0.15, -0.1) is 0 Å². The molecule has 36 heavy (non-hydrogen) atoms. The number of anilines is 1. The van der Waals surface area contributed by atoms with E-state index in [0.29, 0.717) is 17.9 Å². The largest absolute Gasteiger partial charge is 0.324 e. The first-order chi connectivity index (χ1) is 17.5. The highest BCUT2D eigenvalue weighted by Crippen LogP contribution is 2.61. The Morgan fingerprint density at radius 1 is 0.861 bits per heavy atom. The first-order valence-electron chi connectivity index (χ1n) is 12.1. The fraction of sp³-hybridized carbons (Fsp3) is 0.276. The lowest BCUT2D eigenvalue weighted by Crippen LogP contribution is -2.48. The Bertz CT molecular complexity index is 1260. The third-order valence-electron chi connectivity index (χ3n) is 7.80. The molecule has 3 aromatic rings. The van der Waals surface area contributed by atoms with E-state index in [1.54, 1.807) is 23.9 Å². The molecule has 0 aromatic heterocycles. The third-order valence-corrected chi connectivity index (χ3v) is 8.98. The van der Waals surface area contributed by atoms with Crippen LogP contribution in [-0.4, -0.2) is 40.7 Å². The predicted molar refractivity (Wildman–Crippen MR) is 145 cm³/mol. The monoisotopic (exact) mass is 560 g/mol. The van der Waals surface area contributed by atoms with Gasteiger partial charge < -0.3 is 5.32 Å². The minimum atomic E-state index is -0.850. The second-order valence-electron chi connectivity index (χ2n) is 9.60. The maximum absolute atomic E-state index is 14.1. The molecule has 3 atom stereocenters. The van der Waals surface area contributed by atoms with E-state index in [1.807, 2.05) is 42.7 Å². The van der Waals surface area contributed by atoms with Crippen LogP contribution >= 0.6 is 27.7 Å². The van der Waals surface area contributed by atoms with E-state index in [1.165, 1.54) is 4.90 Å². The van der Waals surface area contributed by atoms with Crippen molar-refractivity contribution in [1.82, 2.24) is 4.90 Å². The number of imide groups is 1. The van der Waals surface area contributed by atoms with Gasteiger partial charge in [0.1, 0.15) is 6.04 Å². The van der Waals surface area contributed by atoms with Gasteiger partial charge in [-0.05, 0) is 64.9 Å². The molecule has 1 heterocycles. The summed E-state index contributed by atoms with van der Waals surface area (Å²) in [7, 11) is 0. The second kappa shape index (κ2) is 9.20. The highest BCUT2D eigenvalue weighted by atomic mass is 79.9. The molecule has 3 aliphatic carbocycles. The van der Waals surface area contributed by atoms with Gasteiger partial charge in [-0.1, -0.05) is 64.5 Å². The van der Waals surface area contributed by atoms with E-state index in [0.717, 1.165) is 26.7 Å². The Labute approximate surface area is 222 Å². The van der Waals surface area contributed by atoms with Gasteiger partial charge in [0.05, 0.1) is 11.8 Å². The highest BCUT2D eigenvalue weighted by Gasteiger charge is 2.62. The number of nitrogens with one attached hydrogen (secondary N) is 1. The molecule has 0 radical (unpaired) electrons. The molecule has 5 nitrogen and oxygen atoms in total. The van der Waals surface area contributed by atoms with Crippen LogP contribution in [0.2, 0.25) is 0 Å². The minimum Gasteiger partial charge on any atom is -0.324 e. The van der Waals surface area contributed by atoms with Crippen molar-refractivity contribution in [2.75, 3.05) is 17.3 Å². The van der Waals surface area contributed by atoms with Crippen LogP contribution < -0.4 is 5.32 Å². The van der Waals surface area contributed by atoms with Crippen LogP contribution in [0.15, 0.2) is 77.3 Å². The van der Waals surface area contributed by atoms with Gasteiger partial charge in [-0.3, -0.25) is 19.3 Å². The van der Waals surface area contributed by atoms with Crippen molar-refractivity contribution in [1.29, 1.82) is 0 Å². The van der Waals surface area contributed by atoms with Gasteiger partial charge in [0.25, 0.3) is 0 Å². The smallest absolute Gasteiger partial charge is 0.247 e. The molecule has 0 spiro atoms. The Balaban J connectivity index is 1.39. The number of benzene rings is 3. The van der Waals surface area contributed by atoms with Crippen LogP contribution in [0.3, 0.4) is 0 Å². The minimum absolute atomic E-state index is 0.176. The van der Waals surface area contributed by atoms with Crippen LogP contribution in [0.4, 0.5) is 5.69 Å². The van der Waals surface area contributed by atoms with Gasteiger partial charge in [0, 0.05) is 22.0 Å². The number of hydrogen-bond acceptors (Lipinski definition) is 4. The van der Waals surface area contributed by atoms with E-state index in [2.05, 4.69) is 45.5 Å². The van der Waals surface area contributed by atoms with Gasteiger partial charge in [-0.2, -0.15) is 11.8 Å². The summed E-state index contributed by atoms with van der Waals surface area (Å²) in [6.45, 7) is 0. The summed E-state index contributed by atoms with van der Waals surface area (Å²) >= 11 is 5.01. The number of hydrogen-bond donors (Lipinski definition) is 1. The molecule has 1 fully saturated rings. The van der Waals surface area contributed by atoms with Crippen molar-refractivity contribution < 1.29 is 14.4 Å². The summed E-state index contributed by atoms with van der Waals surface area (Å²) < 4.78 is 0.906. The van der Waals surface area contributed by atoms with E-state index < -0.39 is 17.9 Å². The van der Waals surface area contributed by atoms with E-state index in [9.17, 15) is 14.4 Å². The van der Waals surface area contributed by atoms with Crippen molar-refractivity contribution in [2.45, 2.75) is 24.3 Å². The Morgan fingerprint density at radius 3 is 1.78 bits per heavy atom. The SMILES string of the molecule is CSCC[C@@H](C(=O)Nc1ccc(Br)cc1)N1C(=O)[C@@H]2C3c4ccccc4C(c4ccccc43)[C@@H]2C1=O. The number of carbonyl (C=O) groups excluding carboxylic acids is 3. The van der Waals surface area contributed by atoms with E-state index >= 15 is 0 Å². The summed E-state index contributed by atoms with van der Waals surface area (Å²) in [5.74, 6) is -1.42. The molecule has 3 aromatic carbocycles. The van der Waals surface area contributed by atoms with Crippen LogP contribution in [0.25, 0.3) is 0 Å². The third kappa shape index (κ3) is 3.55. The van der Waals surface area contributed by atoms with Crippen molar-refractivity contribution in [3.05, 3.63) is 99.5 Å². The Hall–Kier alpha value is -2.90. The molecular weight excluding hydrogens is 536 g/mol. The molecule has 7 heteroatoms. The van der Waals surface area contributed by atoms with Crippen LogP contribution in [0, 0.1) is 11.8 Å². The standard InChI is InChI=1S/C29H25BrN2O3S/c1-36-15-14-22(27(33)31-17-12-10-16(30)11-13-17)32-28(34)25-23-18-6-2-3-7-19(18)24(26(25)29(32)35)21-9-5-4-8-20(21)23/h2-13,22-26H,14-15H2,1H3,(H,31,33)/t22-,23?,24?,25-,26+/m0/s1. The van der Waals surface area contributed by atoms with E-state index in [-0.39, 0.29) is 29.6 Å². The maximum atomic E-state index is 14.1. The van der Waals surface area contributed by atoms with Gasteiger partial charge >= 0.3 is 0 Å². The van der Waals surface area contributed by atoms with Crippen LogP contribution in [-0.2, 0) is 14.4 Å². The average Bonchev–Trinajstić information content (AvgIpc) is 3.16. The number of halogens is 1. The average molecular weight is 562 g/mol. The molecule has 182 valence electrons. The van der Waals surface area contributed by atoms with Crippen molar-refractivity contribution in [2.24, 2.45) is 11.8 Å². The van der Waals surface area contributed by atoms with Crippen molar-refractivity contribution in [3.8, 4) is 0 Å². The first kappa shape index (κ1) is 23.5. The number of nitrogens with zero attached hydrogens (tertiary/aromatic N) is 1. The zero-order chi connectivity index (χ0) is 25.0. The molecular formula is C29H25BrN2O3S. The molecule has 3 amide bonds. The molecule has 4 aliphatic rings. The quantitative estimate of drug-likeness (QED) is 0.410. The fourth-order valence-electron chi connectivity index (χ4n) is 6.37. The topological polar surface area (TPSA) is 66.5 Å². The van der Waals surface area contributed by atoms with Crippen LogP contribution in [0.5, 0.6) is 0 Å². The number of carbonyl (C=O) groups is 3. The lowest BCUT2D eigenvalue weighted by molar-refractivity contribution is -0.146. The lowest BCUT2D eigenvalue weighted by atomic mass is 9.55. The summed E-state index contributed by atoms with van der Waals surface area (Å²) in [5, 5.41) is 2.93. The molecule has 1 saturated heterocycles. The van der Waals surface area contributed by atoms with Crippen molar-refractivity contribution in [3.63, 3.8) is 0 Å². The van der Waals surface area contributed by atoms with Crippen molar-refractivity contribution >= 4 is 51.1 Å². The number of thioether (sulfide) groups is 1.